The van der Waals surface area contributed by atoms with E-state index in [-0.39, 0.29) is 5.92 Å². The van der Waals surface area contributed by atoms with Crippen LogP contribution in [0.2, 0.25) is 0 Å². The molecule has 1 aliphatic rings. The van der Waals surface area contributed by atoms with Crippen LogP contribution < -0.4 is 0 Å². The minimum atomic E-state index is 0.288. The average Bonchev–Trinajstić information content (AvgIpc) is 2.56. The number of hydrogen-bond acceptors (Lipinski definition) is 1. The van der Waals surface area contributed by atoms with E-state index in [0.717, 1.165) is 30.2 Å². The zero-order valence-electron chi connectivity index (χ0n) is 8.00. The van der Waals surface area contributed by atoms with Gasteiger partial charge in [0.15, 0.2) is 0 Å². The first kappa shape index (κ1) is 9.91. The molecule has 0 bridgehead atoms. The van der Waals surface area contributed by atoms with Gasteiger partial charge in [-0.3, -0.25) is 4.79 Å². The summed E-state index contributed by atoms with van der Waals surface area (Å²) in [6.45, 7) is 0. The van der Waals surface area contributed by atoms with Crippen LogP contribution >= 0.6 is 15.9 Å². The van der Waals surface area contributed by atoms with Gasteiger partial charge >= 0.3 is 0 Å². The maximum atomic E-state index is 11.4. The Balaban J connectivity index is 2.03. The largest absolute Gasteiger partial charge is 0.299 e. The van der Waals surface area contributed by atoms with Gasteiger partial charge in [0.2, 0.25) is 0 Å². The van der Waals surface area contributed by atoms with E-state index in [0.29, 0.717) is 5.78 Å². The van der Waals surface area contributed by atoms with Gasteiger partial charge in [-0.25, -0.2) is 0 Å². The number of ketones is 1. The molecule has 0 aliphatic heterocycles. The molecule has 1 fully saturated rings. The van der Waals surface area contributed by atoms with Gasteiger partial charge in [-0.1, -0.05) is 28.1 Å². The highest BCUT2D eigenvalue weighted by atomic mass is 79.9. The summed E-state index contributed by atoms with van der Waals surface area (Å²) >= 11 is 3.40. The van der Waals surface area contributed by atoms with Crippen molar-refractivity contribution in [2.75, 3.05) is 0 Å². The lowest BCUT2D eigenvalue weighted by molar-refractivity contribution is -0.120. The Hall–Kier alpha value is -0.630. The molecule has 74 valence electrons. The maximum Gasteiger partial charge on any atom is 0.136 e. The van der Waals surface area contributed by atoms with Crippen molar-refractivity contribution in [3.8, 4) is 0 Å². The van der Waals surface area contributed by atoms with Gasteiger partial charge < -0.3 is 0 Å². The van der Waals surface area contributed by atoms with Gasteiger partial charge in [0.05, 0.1) is 0 Å². The van der Waals surface area contributed by atoms with Crippen molar-refractivity contribution in [1.29, 1.82) is 0 Å². The van der Waals surface area contributed by atoms with Crippen molar-refractivity contribution in [2.45, 2.75) is 25.7 Å². The summed E-state index contributed by atoms with van der Waals surface area (Å²) in [5.74, 6) is 0.740. The lowest BCUT2D eigenvalue weighted by Crippen LogP contribution is -2.09. The highest BCUT2D eigenvalue weighted by Crippen LogP contribution is 2.25. The van der Waals surface area contributed by atoms with Crippen molar-refractivity contribution >= 4 is 21.7 Å². The molecule has 1 aromatic rings. The Morgan fingerprint density at radius 1 is 1.29 bits per heavy atom. The number of hydrogen-bond donors (Lipinski definition) is 0. The molecule has 1 saturated carbocycles. The fourth-order valence-electron chi connectivity index (χ4n) is 2.01. The molecule has 0 heterocycles. The second kappa shape index (κ2) is 4.26. The first-order valence-corrected chi connectivity index (χ1v) is 5.82. The van der Waals surface area contributed by atoms with E-state index in [1.807, 2.05) is 12.1 Å². The SMILES string of the molecule is O=C1CCCC1Cc1ccc(Br)cc1. The van der Waals surface area contributed by atoms with Gasteiger partial charge in [0.25, 0.3) is 0 Å². The topological polar surface area (TPSA) is 17.1 Å². The number of carbonyl (C=O) groups excluding carboxylic acids is 1. The fourth-order valence-corrected chi connectivity index (χ4v) is 2.27. The van der Waals surface area contributed by atoms with Crippen molar-refractivity contribution in [3.63, 3.8) is 0 Å². The monoisotopic (exact) mass is 252 g/mol. The van der Waals surface area contributed by atoms with Crippen LogP contribution in [0.4, 0.5) is 0 Å². The molecule has 1 aliphatic carbocycles. The first-order chi connectivity index (χ1) is 6.75. The van der Waals surface area contributed by atoms with Gasteiger partial charge in [0, 0.05) is 16.8 Å². The molecule has 14 heavy (non-hydrogen) atoms. The predicted molar refractivity (Wildman–Crippen MR) is 60.2 cm³/mol. The lowest BCUT2D eigenvalue weighted by Gasteiger charge is -2.07. The van der Waals surface area contributed by atoms with Crippen LogP contribution in [0.3, 0.4) is 0 Å². The predicted octanol–water partition coefficient (Wildman–Crippen LogP) is 3.36. The third-order valence-corrected chi connectivity index (χ3v) is 3.36. The zero-order valence-corrected chi connectivity index (χ0v) is 9.59. The molecule has 0 radical (unpaired) electrons. The minimum Gasteiger partial charge on any atom is -0.299 e. The third kappa shape index (κ3) is 2.24. The van der Waals surface area contributed by atoms with E-state index >= 15 is 0 Å². The highest BCUT2D eigenvalue weighted by Gasteiger charge is 2.24. The lowest BCUT2D eigenvalue weighted by atomic mass is 9.97. The molecule has 2 rings (SSSR count). The second-order valence-corrected chi connectivity index (χ2v) is 4.80. The number of benzene rings is 1. The highest BCUT2D eigenvalue weighted by molar-refractivity contribution is 9.10. The molecular formula is C12H13BrO. The summed E-state index contributed by atoms with van der Waals surface area (Å²) in [6.07, 6.45) is 3.88. The van der Waals surface area contributed by atoms with Crippen LogP contribution in [-0.4, -0.2) is 5.78 Å². The molecule has 0 amide bonds. The average molecular weight is 253 g/mol. The quantitative estimate of drug-likeness (QED) is 0.789. The number of Topliss-reactive ketones (excluding diaryl/α,β-unsaturated/α-hetero) is 1. The Kier molecular flexibility index (Phi) is 3.02. The Bertz CT molecular complexity index is 329. The van der Waals surface area contributed by atoms with E-state index in [1.165, 1.54) is 5.56 Å². The van der Waals surface area contributed by atoms with Crippen molar-refractivity contribution in [2.24, 2.45) is 5.92 Å². The Morgan fingerprint density at radius 2 is 2.00 bits per heavy atom. The van der Waals surface area contributed by atoms with Gasteiger partial charge in [-0.15, -0.1) is 0 Å². The third-order valence-electron chi connectivity index (χ3n) is 2.83. The van der Waals surface area contributed by atoms with E-state index in [9.17, 15) is 4.79 Å². The molecule has 2 heteroatoms. The van der Waals surface area contributed by atoms with Crippen LogP contribution in [0.5, 0.6) is 0 Å². The molecule has 0 saturated heterocycles. The van der Waals surface area contributed by atoms with Crippen LogP contribution in [0.25, 0.3) is 0 Å². The van der Waals surface area contributed by atoms with Crippen LogP contribution in [-0.2, 0) is 11.2 Å². The molecular weight excluding hydrogens is 240 g/mol. The summed E-state index contributed by atoms with van der Waals surface area (Å²) in [4.78, 5) is 11.4. The van der Waals surface area contributed by atoms with Gasteiger partial charge in [-0.05, 0) is 37.0 Å². The standard InChI is InChI=1S/C12H13BrO/c13-11-6-4-9(5-7-11)8-10-2-1-3-12(10)14/h4-7,10H,1-3,8H2. The Morgan fingerprint density at radius 3 is 2.57 bits per heavy atom. The first-order valence-electron chi connectivity index (χ1n) is 5.03. The van der Waals surface area contributed by atoms with Crippen LogP contribution in [0, 0.1) is 5.92 Å². The normalized spacial score (nSPS) is 21.5. The van der Waals surface area contributed by atoms with Crippen molar-refractivity contribution < 1.29 is 4.79 Å². The molecule has 1 aromatic carbocycles. The minimum absolute atomic E-state index is 0.288. The van der Waals surface area contributed by atoms with Crippen molar-refractivity contribution in [3.05, 3.63) is 34.3 Å². The molecule has 1 unspecified atom stereocenters. The van der Waals surface area contributed by atoms with Crippen molar-refractivity contribution in [1.82, 2.24) is 0 Å². The smallest absolute Gasteiger partial charge is 0.136 e. The van der Waals surface area contributed by atoms with E-state index in [1.54, 1.807) is 0 Å². The number of carbonyl (C=O) groups is 1. The molecule has 0 N–H and O–H groups in total. The van der Waals surface area contributed by atoms with Gasteiger partial charge in [-0.2, -0.15) is 0 Å². The molecule has 1 atom stereocenters. The fraction of sp³-hybridized carbons (Fsp3) is 0.417. The van der Waals surface area contributed by atoms with Crippen LogP contribution in [0.1, 0.15) is 24.8 Å². The summed E-state index contributed by atoms with van der Waals surface area (Å²) in [7, 11) is 0. The summed E-state index contributed by atoms with van der Waals surface area (Å²) < 4.78 is 1.10. The maximum absolute atomic E-state index is 11.4. The Labute approximate surface area is 92.6 Å². The number of rotatable bonds is 2. The molecule has 0 spiro atoms. The summed E-state index contributed by atoms with van der Waals surface area (Å²) in [6, 6.07) is 8.26. The van der Waals surface area contributed by atoms with Gasteiger partial charge in [0.1, 0.15) is 5.78 Å². The summed E-state index contributed by atoms with van der Waals surface area (Å²) in [5.41, 5.74) is 1.27. The molecule has 0 aromatic heterocycles. The van der Waals surface area contributed by atoms with E-state index < -0.39 is 0 Å². The van der Waals surface area contributed by atoms with E-state index in [4.69, 9.17) is 0 Å². The second-order valence-electron chi connectivity index (χ2n) is 3.89. The molecule has 1 nitrogen and oxygen atoms in total. The zero-order chi connectivity index (χ0) is 9.97. The number of halogens is 1. The van der Waals surface area contributed by atoms with E-state index in [2.05, 4.69) is 28.1 Å². The van der Waals surface area contributed by atoms with Crippen LogP contribution in [0.15, 0.2) is 28.7 Å². The summed E-state index contributed by atoms with van der Waals surface area (Å²) in [5, 5.41) is 0.